The van der Waals surface area contributed by atoms with Crippen LogP contribution in [0.2, 0.25) is 0 Å². The summed E-state index contributed by atoms with van der Waals surface area (Å²) in [6.45, 7) is 3.82. The van der Waals surface area contributed by atoms with Gasteiger partial charge in [0.15, 0.2) is 5.82 Å². The number of halogens is 3. The summed E-state index contributed by atoms with van der Waals surface area (Å²) in [4.78, 5) is 11.5. The lowest BCUT2D eigenvalue weighted by molar-refractivity contribution is -0.274. The lowest BCUT2D eigenvalue weighted by Crippen LogP contribution is -2.37. The van der Waals surface area contributed by atoms with Crippen LogP contribution in [0, 0.1) is 0 Å². The molecule has 0 atom stereocenters. The summed E-state index contributed by atoms with van der Waals surface area (Å²) in [5.74, 6) is 1.03. The number of nitrogens with zero attached hydrogens (tertiary/aromatic N) is 3. The summed E-state index contributed by atoms with van der Waals surface area (Å²) in [6.07, 6.45) is -4.13. The van der Waals surface area contributed by atoms with Crippen LogP contribution in [0.1, 0.15) is 5.56 Å². The number of aromatic nitrogens is 2. The summed E-state index contributed by atoms with van der Waals surface area (Å²) in [5, 5.41) is 3.19. The number of morpholine rings is 1. The van der Waals surface area contributed by atoms with Crippen molar-refractivity contribution in [3.63, 3.8) is 0 Å². The molecule has 1 aliphatic heterocycles. The zero-order chi connectivity index (χ0) is 23.3. The molecule has 2 aromatic carbocycles. The maximum Gasteiger partial charge on any atom is 0.573 e. The van der Waals surface area contributed by atoms with Crippen LogP contribution in [0.5, 0.6) is 5.75 Å². The first kappa shape index (κ1) is 22.8. The summed E-state index contributed by atoms with van der Waals surface area (Å²) < 4.78 is 46.7. The largest absolute Gasteiger partial charge is 0.573 e. The number of benzene rings is 2. The number of rotatable bonds is 7. The second-order valence-electron chi connectivity index (χ2n) is 7.53. The number of anilines is 3. The molecule has 0 unspecified atom stereocenters. The van der Waals surface area contributed by atoms with Gasteiger partial charge >= 0.3 is 6.36 Å². The quantitative estimate of drug-likeness (QED) is 0.547. The minimum atomic E-state index is -4.74. The second kappa shape index (κ2) is 10.1. The third kappa shape index (κ3) is 6.33. The highest BCUT2D eigenvalue weighted by molar-refractivity contribution is 5.69. The molecule has 2 heterocycles. The summed E-state index contributed by atoms with van der Waals surface area (Å²) in [6, 6.07) is 14.9. The van der Waals surface area contributed by atoms with Crippen LogP contribution in [0.4, 0.5) is 30.5 Å². The van der Waals surface area contributed by atoms with Crippen molar-refractivity contribution in [1.29, 1.82) is 0 Å². The molecule has 1 aliphatic rings. The molecule has 10 heteroatoms. The number of nitrogen functional groups attached to an aromatic ring is 1. The molecule has 0 bridgehead atoms. The Labute approximate surface area is 189 Å². The first-order valence-corrected chi connectivity index (χ1v) is 10.5. The molecule has 1 saturated heterocycles. The molecule has 3 N–H and O–H groups in total. The molecule has 1 fully saturated rings. The van der Waals surface area contributed by atoms with E-state index < -0.39 is 6.36 Å². The summed E-state index contributed by atoms with van der Waals surface area (Å²) in [7, 11) is 0. The highest BCUT2D eigenvalue weighted by Crippen LogP contribution is 2.29. The standard InChI is InChI=1S/C23H24F3N5O2/c24-23(25,26)33-18-8-6-17(7-9-18)28-22-19(10-11-31-12-14-32-15-13-31)20(27)29-21(30-22)16-4-2-1-3-5-16/h1-9H,10-15H2,(H3,27,28,29,30). The maximum absolute atomic E-state index is 12.4. The lowest BCUT2D eigenvalue weighted by Gasteiger charge is -2.27. The molecule has 4 rings (SSSR count). The van der Waals surface area contributed by atoms with Gasteiger partial charge < -0.3 is 20.5 Å². The van der Waals surface area contributed by atoms with Crippen molar-refractivity contribution >= 4 is 17.3 Å². The van der Waals surface area contributed by atoms with Gasteiger partial charge in [0.2, 0.25) is 0 Å². The topological polar surface area (TPSA) is 85.5 Å². The van der Waals surface area contributed by atoms with Gasteiger partial charge in [-0.15, -0.1) is 13.2 Å². The molecule has 0 saturated carbocycles. The van der Waals surface area contributed by atoms with Gasteiger partial charge in [-0.3, -0.25) is 4.90 Å². The maximum atomic E-state index is 12.4. The first-order chi connectivity index (χ1) is 15.9. The van der Waals surface area contributed by atoms with Crippen molar-refractivity contribution in [3.8, 4) is 17.1 Å². The minimum Gasteiger partial charge on any atom is -0.406 e. The van der Waals surface area contributed by atoms with E-state index in [1.165, 1.54) is 24.3 Å². The second-order valence-corrected chi connectivity index (χ2v) is 7.53. The summed E-state index contributed by atoms with van der Waals surface area (Å²) in [5.41, 5.74) is 8.45. The normalized spacial score (nSPS) is 14.8. The molecule has 7 nitrogen and oxygen atoms in total. The van der Waals surface area contributed by atoms with Crippen LogP contribution < -0.4 is 15.8 Å². The Morgan fingerprint density at radius 3 is 2.36 bits per heavy atom. The van der Waals surface area contributed by atoms with E-state index in [0.29, 0.717) is 42.8 Å². The van der Waals surface area contributed by atoms with Gasteiger partial charge in [0.25, 0.3) is 0 Å². The fourth-order valence-corrected chi connectivity index (χ4v) is 3.54. The molecule has 1 aromatic heterocycles. The van der Waals surface area contributed by atoms with Crippen molar-refractivity contribution in [2.24, 2.45) is 0 Å². The molecule has 0 aliphatic carbocycles. The predicted octanol–water partition coefficient (Wildman–Crippen LogP) is 4.24. The lowest BCUT2D eigenvalue weighted by atomic mass is 10.1. The number of hydrogen-bond donors (Lipinski definition) is 2. The molecule has 3 aromatic rings. The van der Waals surface area contributed by atoms with Crippen molar-refractivity contribution in [2.75, 3.05) is 43.9 Å². The Kier molecular flexibility index (Phi) is 6.95. The molecular weight excluding hydrogens is 435 g/mol. The Balaban J connectivity index is 1.60. The average molecular weight is 459 g/mol. The molecule has 0 radical (unpaired) electrons. The number of hydrogen-bond acceptors (Lipinski definition) is 7. The van der Waals surface area contributed by atoms with E-state index in [-0.39, 0.29) is 5.75 Å². The van der Waals surface area contributed by atoms with Gasteiger partial charge in [-0.2, -0.15) is 0 Å². The molecule has 33 heavy (non-hydrogen) atoms. The molecule has 0 spiro atoms. The van der Waals surface area contributed by atoms with Gasteiger partial charge in [-0.05, 0) is 30.7 Å². The van der Waals surface area contributed by atoms with E-state index in [2.05, 4.69) is 24.9 Å². The Hall–Kier alpha value is -3.37. The van der Waals surface area contributed by atoms with E-state index in [1.807, 2.05) is 30.3 Å². The Bertz CT molecular complexity index is 1060. The van der Waals surface area contributed by atoms with E-state index in [9.17, 15) is 13.2 Å². The van der Waals surface area contributed by atoms with Crippen molar-refractivity contribution in [3.05, 3.63) is 60.2 Å². The zero-order valence-electron chi connectivity index (χ0n) is 17.8. The SMILES string of the molecule is Nc1nc(-c2ccccc2)nc(Nc2ccc(OC(F)(F)F)cc2)c1CCN1CCOCC1. The van der Waals surface area contributed by atoms with Crippen molar-refractivity contribution in [2.45, 2.75) is 12.8 Å². The van der Waals surface area contributed by atoms with Crippen LogP contribution in [0.3, 0.4) is 0 Å². The highest BCUT2D eigenvalue weighted by Gasteiger charge is 2.31. The summed E-state index contributed by atoms with van der Waals surface area (Å²) >= 11 is 0. The van der Waals surface area contributed by atoms with Crippen molar-refractivity contribution < 1.29 is 22.6 Å². The van der Waals surface area contributed by atoms with Gasteiger partial charge in [0.05, 0.1) is 13.2 Å². The first-order valence-electron chi connectivity index (χ1n) is 10.5. The third-order valence-electron chi connectivity index (χ3n) is 5.20. The number of nitrogens with two attached hydrogens (primary N) is 1. The zero-order valence-corrected chi connectivity index (χ0v) is 17.8. The van der Waals surface area contributed by atoms with Gasteiger partial charge in [0.1, 0.15) is 17.4 Å². The minimum absolute atomic E-state index is 0.298. The fraction of sp³-hybridized carbons (Fsp3) is 0.304. The van der Waals surface area contributed by atoms with Gasteiger partial charge in [0, 0.05) is 36.4 Å². The number of ether oxygens (including phenoxy) is 2. The molecule has 174 valence electrons. The fourth-order valence-electron chi connectivity index (χ4n) is 3.54. The van der Waals surface area contributed by atoms with E-state index in [1.54, 1.807) is 0 Å². The predicted molar refractivity (Wildman–Crippen MR) is 119 cm³/mol. The Morgan fingerprint density at radius 2 is 1.70 bits per heavy atom. The average Bonchev–Trinajstić information content (AvgIpc) is 2.80. The van der Waals surface area contributed by atoms with Crippen LogP contribution in [0.15, 0.2) is 54.6 Å². The Morgan fingerprint density at radius 1 is 1.00 bits per heavy atom. The van der Waals surface area contributed by atoms with E-state index in [4.69, 9.17) is 10.5 Å². The third-order valence-corrected chi connectivity index (χ3v) is 5.20. The molecular formula is C23H24F3N5O2. The van der Waals surface area contributed by atoms with Gasteiger partial charge in [-0.25, -0.2) is 9.97 Å². The van der Waals surface area contributed by atoms with Gasteiger partial charge in [-0.1, -0.05) is 30.3 Å². The van der Waals surface area contributed by atoms with Crippen molar-refractivity contribution in [1.82, 2.24) is 14.9 Å². The van der Waals surface area contributed by atoms with E-state index >= 15 is 0 Å². The molecule has 0 amide bonds. The van der Waals surface area contributed by atoms with Crippen LogP contribution in [0.25, 0.3) is 11.4 Å². The van der Waals surface area contributed by atoms with Crippen LogP contribution in [-0.2, 0) is 11.2 Å². The van der Waals surface area contributed by atoms with Crippen LogP contribution in [-0.4, -0.2) is 54.1 Å². The number of nitrogens with one attached hydrogen (secondary N) is 1. The smallest absolute Gasteiger partial charge is 0.406 e. The van der Waals surface area contributed by atoms with E-state index in [0.717, 1.165) is 30.8 Å². The number of alkyl halides is 3. The monoisotopic (exact) mass is 459 g/mol. The van der Waals surface area contributed by atoms with Crippen LogP contribution >= 0.6 is 0 Å². The highest BCUT2D eigenvalue weighted by atomic mass is 19.4.